The monoisotopic (exact) mass is 449 g/mol. The number of carbonyl (C=O) groups is 1. The second kappa shape index (κ2) is 9.04. The van der Waals surface area contributed by atoms with Gasteiger partial charge >= 0.3 is 0 Å². The van der Waals surface area contributed by atoms with Crippen molar-refractivity contribution in [2.75, 3.05) is 5.32 Å². The molecule has 152 valence electrons. The first-order valence-electron chi connectivity index (χ1n) is 8.86. The van der Waals surface area contributed by atoms with Crippen molar-refractivity contribution in [1.82, 2.24) is 9.71 Å². The van der Waals surface area contributed by atoms with Crippen LogP contribution in [-0.2, 0) is 16.4 Å². The van der Waals surface area contributed by atoms with Crippen LogP contribution in [0.5, 0.6) is 0 Å². The van der Waals surface area contributed by atoms with Gasteiger partial charge in [-0.1, -0.05) is 29.8 Å². The predicted octanol–water partition coefficient (Wildman–Crippen LogP) is 4.33. The number of anilines is 1. The van der Waals surface area contributed by atoms with E-state index in [0.717, 1.165) is 10.4 Å². The first kappa shape index (κ1) is 21.4. The standard InChI is InChI=1S/C20H20ClN3O3S2/c1-13(2)24-29(26,27)17-9-7-14(8-10-17)19(25)23-20-22-12-16(28-20)11-15-5-3-4-6-18(15)21/h3-10,12-13,24H,11H2,1-2H3,(H,22,23,25). The van der Waals surface area contributed by atoms with Gasteiger partial charge in [0.05, 0.1) is 4.90 Å². The van der Waals surface area contributed by atoms with Crippen LogP contribution < -0.4 is 10.0 Å². The quantitative estimate of drug-likeness (QED) is 0.562. The smallest absolute Gasteiger partial charge is 0.257 e. The maximum Gasteiger partial charge on any atom is 0.257 e. The van der Waals surface area contributed by atoms with Crippen molar-refractivity contribution in [3.8, 4) is 0 Å². The molecule has 9 heteroatoms. The number of thiazole rings is 1. The van der Waals surface area contributed by atoms with E-state index < -0.39 is 10.0 Å². The van der Waals surface area contributed by atoms with Gasteiger partial charge < -0.3 is 0 Å². The highest BCUT2D eigenvalue weighted by atomic mass is 35.5. The number of benzene rings is 2. The van der Waals surface area contributed by atoms with Crippen LogP contribution in [-0.4, -0.2) is 25.4 Å². The number of carbonyl (C=O) groups excluding carboxylic acids is 1. The Morgan fingerprint density at radius 2 is 1.83 bits per heavy atom. The van der Waals surface area contributed by atoms with Gasteiger partial charge in [0.1, 0.15) is 0 Å². The van der Waals surface area contributed by atoms with Gasteiger partial charge in [0.2, 0.25) is 10.0 Å². The summed E-state index contributed by atoms with van der Waals surface area (Å²) in [5.41, 5.74) is 1.33. The molecular formula is C20H20ClN3O3S2. The Balaban J connectivity index is 1.66. The lowest BCUT2D eigenvalue weighted by atomic mass is 10.1. The van der Waals surface area contributed by atoms with Crippen LogP contribution in [0.25, 0.3) is 0 Å². The molecule has 2 aromatic carbocycles. The van der Waals surface area contributed by atoms with Crippen LogP contribution >= 0.6 is 22.9 Å². The van der Waals surface area contributed by atoms with Gasteiger partial charge in [-0.15, -0.1) is 11.3 Å². The van der Waals surface area contributed by atoms with E-state index >= 15 is 0 Å². The Morgan fingerprint density at radius 1 is 1.14 bits per heavy atom. The Hall–Kier alpha value is -2.26. The number of halogens is 1. The van der Waals surface area contributed by atoms with Crippen molar-refractivity contribution in [3.63, 3.8) is 0 Å². The number of hydrogen-bond donors (Lipinski definition) is 2. The van der Waals surface area contributed by atoms with Crippen molar-refractivity contribution < 1.29 is 13.2 Å². The average molecular weight is 450 g/mol. The van der Waals surface area contributed by atoms with Gasteiger partial charge in [-0.2, -0.15) is 0 Å². The van der Waals surface area contributed by atoms with E-state index in [1.165, 1.54) is 35.6 Å². The van der Waals surface area contributed by atoms with Crippen molar-refractivity contribution >= 4 is 44.0 Å². The van der Waals surface area contributed by atoms with E-state index in [2.05, 4.69) is 15.0 Å². The molecule has 0 aliphatic heterocycles. The second-order valence-electron chi connectivity index (χ2n) is 6.65. The van der Waals surface area contributed by atoms with Crippen LogP contribution in [0.2, 0.25) is 5.02 Å². The maximum absolute atomic E-state index is 12.4. The number of hydrogen-bond acceptors (Lipinski definition) is 5. The molecule has 0 bridgehead atoms. The molecule has 0 saturated carbocycles. The van der Waals surface area contributed by atoms with Crippen LogP contribution in [0, 0.1) is 0 Å². The third-order valence-corrected chi connectivity index (χ3v) is 6.87. The number of nitrogens with one attached hydrogen (secondary N) is 2. The molecule has 1 heterocycles. The molecule has 0 fully saturated rings. The Morgan fingerprint density at radius 3 is 2.48 bits per heavy atom. The van der Waals surface area contributed by atoms with E-state index in [-0.39, 0.29) is 16.8 Å². The summed E-state index contributed by atoms with van der Waals surface area (Å²) in [7, 11) is -3.59. The fraction of sp³-hybridized carbons (Fsp3) is 0.200. The van der Waals surface area contributed by atoms with Crippen LogP contribution in [0.4, 0.5) is 5.13 Å². The number of aromatic nitrogens is 1. The summed E-state index contributed by atoms with van der Waals surface area (Å²) in [6, 6.07) is 13.1. The molecule has 0 spiro atoms. The average Bonchev–Trinajstić information content (AvgIpc) is 3.09. The summed E-state index contributed by atoms with van der Waals surface area (Å²) in [4.78, 5) is 17.8. The summed E-state index contributed by atoms with van der Waals surface area (Å²) in [5.74, 6) is -0.357. The Kier molecular flexibility index (Phi) is 6.69. The predicted molar refractivity (Wildman–Crippen MR) is 116 cm³/mol. The third-order valence-electron chi connectivity index (χ3n) is 3.91. The molecular weight excluding hydrogens is 430 g/mol. The van der Waals surface area contributed by atoms with Crippen molar-refractivity contribution in [2.24, 2.45) is 0 Å². The third kappa shape index (κ3) is 5.63. The number of amides is 1. The maximum atomic E-state index is 12.4. The summed E-state index contributed by atoms with van der Waals surface area (Å²) in [6.07, 6.45) is 2.33. The molecule has 0 saturated heterocycles. The molecule has 6 nitrogen and oxygen atoms in total. The number of sulfonamides is 1. The number of nitrogens with zero attached hydrogens (tertiary/aromatic N) is 1. The van der Waals surface area contributed by atoms with Crippen LogP contribution in [0.1, 0.15) is 34.6 Å². The summed E-state index contributed by atoms with van der Waals surface area (Å²) in [5, 5.41) is 3.90. The van der Waals surface area contributed by atoms with Gasteiger partial charge in [-0.05, 0) is 49.7 Å². The summed E-state index contributed by atoms with van der Waals surface area (Å²) < 4.78 is 26.8. The lowest BCUT2D eigenvalue weighted by Crippen LogP contribution is -2.30. The van der Waals surface area contributed by atoms with Gasteiger partial charge in [-0.3, -0.25) is 10.1 Å². The molecule has 3 rings (SSSR count). The molecule has 1 amide bonds. The molecule has 1 aromatic heterocycles. The van der Waals surface area contributed by atoms with Crippen molar-refractivity contribution in [1.29, 1.82) is 0 Å². The molecule has 0 atom stereocenters. The van der Waals surface area contributed by atoms with Crippen molar-refractivity contribution in [2.45, 2.75) is 31.2 Å². The topological polar surface area (TPSA) is 88.2 Å². The summed E-state index contributed by atoms with van der Waals surface area (Å²) >= 11 is 7.55. The van der Waals surface area contributed by atoms with Gasteiger partial charge in [0.25, 0.3) is 5.91 Å². The fourth-order valence-corrected chi connectivity index (χ4v) is 4.89. The minimum atomic E-state index is -3.59. The molecule has 2 N–H and O–H groups in total. The molecule has 0 aliphatic rings. The largest absolute Gasteiger partial charge is 0.298 e. The minimum Gasteiger partial charge on any atom is -0.298 e. The Labute approximate surface area is 179 Å². The van der Waals surface area contributed by atoms with Gasteiger partial charge in [-0.25, -0.2) is 18.1 Å². The van der Waals surface area contributed by atoms with E-state index in [0.29, 0.717) is 22.1 Å². The summed E-state index contributed by atoms with van der Waals surface area (Å²) in [6.45, 7) is 3.49. The normalized spacial score (nSPS) is 11.6. The van der Waals surface area contributed by atoms with E-state index in [4.69, 9.17) is 11.6 Å². The fourth-order valence-electron chi connectivity index (χ4n) is 2.61. The minimum absolute atomic E-state index is 0.110. The van der Waals surface area contributed by atoms with Gasteiger partial charge in [0, 0.05) is 34.1 Å². The zero-order valence-electron chi connectivity index (χ0n) is 15.8. The lowest BCUT2D eigenvalue weighted by Gasteiger charge is -2.10. The van der Waals surface area contributed by atoms with Crippen molar-refractivity contribution in [3.05, 3.63) is 75.8 Å². The highest BCUT2D eigenvalue weighted by Crippen LogP contribution is 2.25. The van der Waals surface area contributed by atoms with Crippen LogP contribution in [0.15, 0.2) is 59.6 Å². The van der Waals surface area contributed by atoms with E-state index in [9.17, 15) is 13.2 Å². The van der Waals surface area contributed by atoms with E-state index in [1.807, 2.05) is 24.3 Å². The molecule has 0 radical (unpaired) electrons. The van der Waals surface area contributed by atoms with Crippen LogP contribution in [0.3, 0.4) is 0 Å². The second-order valence-corrected chi connectivity index (χ2v) is 9.89. The zero-order valence-corrected chi connectivity index (χ0v) is 18.2. The molecule has 29 heavy (non-hydrogen) atoms. The number of rotatable bonds is 7. The van der Waals surface area contributed by atoms with E-state index in [1.54, 1.807) is 20.0 Å². The SMILES string of the molecule is CC(C)NS(=O)(=O)c1ccc(C(=O)Nc2ncc(Cc3ccccc3Cl)s2)cc1. The highest BCUT2D eigenvalue weighted by molar-refractivity contribution is 7.89. The van der Waals surface area contributed by atoms with Gasteiger partial charge in [0.15, 0.2) is 5.13 Å². The zero-order chi connectivity index (χ0) is 21.0. The molecule has 0 aliphatic carbocycles. The Bertz CT molecular complexity index is 1110. The molecule has 3 aromatic rings. The first-order chi connectivity index (χ1) is 13.7. The lowest BCUT2D eigenvalue weighted by molar-refractivity contribution is 0.102. The first-order valence-corrected chi connectivity index (χ1v) is 11.5. The highest BCUT2D eigenvalue weighted by Gasteiger charge is 2.16. The molecule has 0 unspecified atom stereocenters.